The van der Waals surface area contributed by atoms with Crippen molar-refractivity contribution in [3.63, 3.8) is 0 Å². The maximum absolute atomic E-state index is 12.4. The fourth-order valence-corrected chi connectivity index (χ4v) is 7.58. The molecular formula is C46H93NO4. The summed E-state index contributed by atoms with van der Waals surface area (Å²) >= 11 is 0. The number of hydrogen-bond donors (Lipinski definition) is 4. The average Bonchev–Trinajstić information content (AvgIpc) is 3.13. The first-order valence-electron chi connectivity index (χ1n) is 23.3. The second-order valence-electron chi connectivity index (χ2n) is 16.3. The molecule has 0 heterocycles. The van der Waals surface area contributed by atoms with Gasteiger partial charge in [0.05, 0.1) is 18.8 Å². The maximum Gasteiger partial charge on any atom is 0.220 e. The third-order valence-electron chi connectivity index (χ3n) is 11.2. The molecule has 0 aromatic carbocycles. The minimum Gasteiger partial charge on any atom is -0.394 e. The highest BCUT2D eigenvalue weighted by Gasteiger charge is 2.26. The van der Waals surface area contributed by atoms with Crippen LogP contribution in [0.4, 0.5) is 0 Å². The van der Waals surface area contributed by atoms with Crippen LogP contribution in [0.1, 0.15) is 264 Å². The zero-order valence-electron chi connectivity index (χ0n) is 34.8. The van der Waals surface area contributed by atoms with Crippen molar-refractivity contribution in [3.8, 4) is 0 Å². The van der Waals surface area contributed by atoms with Crippen LogP contribution in [0.15, 0.2) is 0 Å². The molecule has 0 bridgehead atoms. The lowest BCUT2D eigenvalue weighted by atomic mass is 9.99. The zero-order valence-corrected chi connectivity index (χ0v) is 34.8. The van der Waals surface area contributed by atoms with Crippen LogP contribution in [-0.2, 0) is 4.79 Å². The van der Waals surface area contributed by atoms with Gasteiger partial charge in [0.2, 0.25) is 5.91 Å². The third kappa shape index (κ3) is 37.5. The average molecular weight is 724 g/mol. The highest BCUT2D eigenvalue weighted by molar-refractivity contribution is 5.76. The van der Waals surface area contributed by atoms with Gasteiger partial charge in [-0.05, 0) is 12.8 Å². The van der Waals surface area contributed by atoms with E-state index in [2.05, 4.69) is 19.2 Å². The Bertz CT molecular complexity index is 674. The molecule has 0 aliphatic carbocycles. The molecule has 0 aromatic heterocycles. The van der Waals surface area contributed by atoms with Crippen molar-refractivity contribution in [3.05, 3.63) is 0 Å². The molecule has 306 valence electrons. The Kier molecular flexibility index (Phi) is 41.6. The predicted molar refractivity (Wildman–Crippen MR) is 222 cm³/mol. The first-order chi connectivity index (χ1) is 25.1. The molecule has 0 unspecified atom stereocenters. The number of rotatable bonds is 43. The summed E-state index contributed by atoms with van der Waals surface area (Å²) in [5, 5.41) is 33.4. The highest BCUT2D eigenvalue weighted by atomic mass is 16.3. The Morgan fingerprint density at radius 3 is 0.941 bits per heavy atom. The van der Waals surface area contributed by atoms with E-state index in [1.165, 1.54) is 199 Å². The Morgan fingerprint density at radius 2 is 0.667 bits per heavy atom. The van der Waals surface area contributed by atoms with Crippen molar-refractivity contribution in [2.24, 2.45) is 0 Å². The van der Waals surface area contributed by atoms with Crippen molar-refractivity contribution >= 4 is 5.91 Å². The van der Waals surface area contributed by atoms with Crippen molar-refractivity contribution in [2.45, 2.75) is 283 Å². The molecule has 0 saturated heterocycles. The highest BCUT2D eigenvalue weighted by Crippen LogP contribution is 2.17. The molecule has 0 aliphatic rings. The largest absolute Gasteiger partial charge is 0.394 e. The number of carbonyl (C=O) groups excluding carboxylic acids is 1. The van der Waals surface area contributed by atoms with Crippen molar-refractivity contribution in [1.82, 2.24) is 5.32 Å². The molecule has 4 N–H and O–H groups in total. The normalized spacial score (nSPS) is 13.4. The number of amides is 1. The van der Waals surface area contributed by atoms with Gasteiger partial charge in [0, 0.05) is 6.42 Å². The summed E-state index contributed by atoms with van der Waals surface area (Å²) in [6, 6.07) is -0.801. The molecule has 1 amide bonds. The molecule has 0 radical (unpaired) electrons. The van der Waals surface area contributed by atoms with Gasteiger partial charge >= 0.3 is 0 Å². The molecule has 3 atom stereocenters. The van der Waals surface area contributed by atoms with Gasteiger partial charge < -0.3 is 20.6 Å². The second kappa shape index (κ2) is 42.1. The van der Waals surface area contributed by atoms with E-state index >= 15 is 0 Å². The van der Waals surface area contributed by atoms with E-state index in [0.29, 0.717) is 12.8 Å². The summed E-state index contributed by atoms with van der Waals surface area (Å²) in [6.45, 7) is 4.18. The van der Waals surface area contributed by atoms with Crippen LogP contribution < -0.4 is 5.32 Å². The Morgan fingerprint density at radius 1 is 0.412 bits per heavy atom. The summed E-state index contributed by atoms with van der Waals surface area (Å²) in [7, 11) is 0. The van der Waals surface area contributed by atoms with Gasteiger partial charge in [-0.25, -0.2) is 0 Å². The topological polar surface area (TPSA) is 89.8 Å². The monoisotopic (exact) mass is 724 g/mol. The molecular weight excluding hydrogens is 631 g/mol. The van der Waals surface area contributed by atoms with Crippen molar-refractivity contribution < 1.29 is 20.1 Å². The molecule has 5 heteroatoms. The Balaban J connectivity index is 3.46. The van der Waals surface area contributed by atoms with E-state index in [0.717, 1.165) is 38.5 Å². The molecule has 0 aromatic rings. The number of hydrogen-bond acceptors (Lipinski definition) is 4. The standard InChI is InChI=1S/C46H93NO4/c1-3-5-7-9-11-13-15-16-17-18-19-20-21-22-23-24-25-26-27-28-29-30-31-33-35-37-39-41-45(50)47-43(42-48)46(51)44(49)40-38-36-34-32-14-12-10-8-6-4-2/h43-44,46,48-49,51H,3-42H2,1-2H3,(H,47,50)/t43-,44+,46-/m0/s1. The van der Waals surface area contributed by atoms with Crippen LogP contribution >= 0.6 is 0 Å². The predicted octanol–water partition coefficient (Wildman–Crippen LogP) is 13.4. The number of carbonyl (C=O) groups is 1. The minimum atomic E-state index is -1.13. The molecule has 0 saturated carbocycles. The fourth-order valence-electron chi connectivity index (χ4n) is 7.58. The Hall–Kier alpha value is -0.650. The van der Waals surface area contributed by atoms with E-state index < -0.39 is 18.2 Å². The number of unbranched alkanes of at least 4 members (excludes halogenated alkanes) is 35. The maximum atomic E-state index is 12.4. The lowest BCUT2D eigenvalue weighted by Crippen LogP contribution is -2.50. The number of nitrogens with one attached hydrogen (secondary N) is 1. The second-order valence-corrected chi connectivity index (χ2v) is 16.3. The van der Waals surface area contributed by atoms with Gasteiger partial charge in [-0.1, -0.05) is 245 Å². The smallest absolute Gasteiger partial charge is 0.220 e. The van der Waals surface area contributed by atoms with E-state index in [9.17, 15) is 20.1 Å². The van der Waals surface area contributed by atoms with E-state index in [1.807, 2.05) is 0 Å². The lowest BCUT2D eigenvalue weighted by Gasteiger charge is -2.26. The van der Waals surface area contributed by atoms with Crippen molar-refractivity contribution in [2.75, 3.05) is 6.61 Å². The first-order valence-corrected chi connectivity index (χ1v) is 23.3. The summed E-state index contributed by atoms with van der Waals surface area (Å²) in [5.41, 5.74) is 0. The third-order valence-corrected chi connectivity index (χ3v) is 11.2. The summed E-state index contributed by atoms with van der Waals surface area (Å²) in [6.07, 6.45) is 48.1. The van der Waals surface area contributed by atoms with Crippen LogP contribution in [0.5, 0.6) is 0 Å². The van der Waals surface area contributed by atoms with Crippen LogP contribution in [0.2, 0.25) is 0 Å². The summed E-state index contributed by atoms with van der Waals surface area (Å²) < 4.78 is 0. The lowest BCUT2D eigenvalue weighted by molar-refractivity contribution is -0.124. The summed E-state index contributed by atoms with van der Waals surface area (Å²) in [5.74, 6) is -0.140. The Labute approximate surface area is 319 Å². The molecule has 0 spiro atoms. The van der Waals surface area contributed by atoms with Crippen LogP contribution in [0.25, 0.3) is 0 Å². The molecule has 0 fully saturated rings. The van der Waals surface area contributed by atoms with Gasteiger partial charge in [-0.2, -0.15) is 0 Å². The quantitative estimate of drug-likeness (QED) is 0.0472. The fraction of sp³-hybridized carbons (Fsp3) is 0.978. The van der Waals surface area contributed by atoms with E-state index in [-0.39, 0.29) is 12.5 Å². The SMILES string of the molecule is CCCCCCCCCCCCCCCCCCCCCCCCCCCCCC(=O)N[C@@H](CO)[C@H](O)[C@H](O)CCCCCCCCCCCC. The first kappa shape index (κ1) is 50.4. The van der Waals surface area contributed by atoms with E-state index in [4.69, 9.17) is 0 Å². The van der Waals surface area contributed by atoms with Gasteiger partial charge in [-0.3, -0.25) is 4.79 Å². The summed E-state index contributed by atoms with van der Waals surface area (Å²) in [4.78, 5) is 12.4. The number of aliphatic hydroxyl groups excluding tert-OH is 3. The van der Waals surface area contributed by atoms with Crippen LogP contribution in [-0.4, -0.2) is 46.1 Å². The number of aliphatic hydroxyl groups is 3. The van der Waals surface area contributed by atoms with Gasteiger partial charge in [0.15, 0.2) is 0 Å². The van der Waals surface area contributed by atoms with Crippen LogP contribution in [0.3, 0.4) is 0 Å². The molecule has 5 nitrogen and oxygen atoms in total. The van der Waals surface area contributed by atoms with Gasteiger partial charge in [0.1, 0.15) is 6.10 Å². The van der Waals surface area contributed by atoms with Crippen molar-refractivity contribution in [1.29, 1.82) is 0 Å². The van der Waals surface area contributed by atoms with Crippen LogP contribution in [0, 0.1) is 0 Å². The molecule has 0 rings (SSSR count). The molecule has 0 aliphatic heterocycles. The van der Waals surface area contributed by atoms with Gasteiger partial charge in [-0.15, -0.1) is 0 Å². The zero-order chi connectivity index (χ0) is 37.3. The van der Waals surface area contributed by atoms with E-state index in [1.54, 1.807) is 0 Å². The molecule has 51 heavy (non-hydrogen) atoms. The minimum absolute atomic E-state index is 0.140. The van der Waals surface area contributed by atoms with Gasteiger partial charge in [0.25, 0.3) is 0 Å².